The van der Waals surface area contributed by atoms with Crippen LogP contribution in [0.25, 0.3) is 5.70 Å². The van der Waals surface area contributed by atoms with Crippen molar-refractivity contribution in [2.45, 2.75) is 0 Å². The van der Waals surface area contributed by atoms with E-state index in [0.29, 0.717) is 17.8 Å². The van der Waals surface area contributed by atoms with E-state index in [2.05, 4.69) is 5.32 Å². The zero-order valence-corrected chi connectivity index (χ0v) is 7.43. The number of nitrogens with one attached hydrogen (secondary N) is 1. The van der Waals surface area contributed by atoms with E-state index < -0.39 is 11.6 Å². The summed E-state index contributed by atoms with van der Waals surface area (Å²) in [5.74, 6) is -1.10. The molecule has 0 aromatic heterocycles. The van der Waals surface area contributed by atoms with Crippen molar-refractivity contribution in [2.24, 2.45) is 0 Å². The van der Waals surface area contributed by atoms with Gasteiger partial charge in [0.05, 0.1) is 0 Å². The maximum absolute atomic E-state index is 13.3. The van der Waals surface area contributed by atoms with Gasteiger partial charge in [-0.3, -0.25) is 0 Å². The highest BCUT2D eigenvalue weighted by molar-refractivity contribution is 5.67. The Balaban J connectivity index is 2.41. The van der Waals surface area contributed by atoms with Crippen molar-refractivity contribution in [2.75, 3.05) is 6.54 Å². The van der Waals surface area contributed by atoms with Crippen molar-refractivity contribution in [3.8, 4) is 0 Å². The highest BCUT2D eigenvalue weighted by Crippen LogP contribution is 2.18. The van der Waals surface area contributed by atoms with E-state index >= 15 is 0 Å². The Kier molecular flexibility index (Phi) is 2.31. The van der Waals surface area contributed by atoms with Crippen LogP contribution in [0.1, 0.15) is 5.56 Å². The summed E-state index contributed by atoms with van der Waals surface area (Å²) in [6, 6.07) is 3.57. The van der Waals surface area contributed by atoms with Crippen LogP contribution >= 0.6 is 0 Å². The van der Waals surface area contributed by atoms with Crippen molar-refractivity contribution in [1.82, 2.24) is 5.32 Å². The quantitative estimate of drug-likeness (QED) is 0.722. The third-order valence-electron chi connectivity index (χ3n) is 2.03. The maximum Gasteiger partial charge on any atom is 0.135 e. The van der Waals surface area contributed by atoms with E-state index in [1.807, 2.05) is 12.2 Å². The Hall–Kier alpha value is -1.64. The van der Waals surface area contributed by atoms with Crippen molar-refractivity contribution in [1.29, 1.82) is 0 Å². The highest BCUT2D eigenvalue weighted by Gasteiger charge is 2.08. The molecule has 72 valence electrons. The Morgan fingerprint density at radius 2 is 2.07 bits per heavy atom. The summed E-state index contributed by atoms with van der Waals surface area (Å²) >= 11 is 0. The zero-order valence-electron chi connectivity index (χ0n) is 7.43. The van der Waals surface area contributed by atoms with Crippen LogP contribution in [-0.2, 0) is 0 Å². The fourth-order valence-corrected chi connectivity index (χ4v) is 1.35. The number of allylic oxidation sites excluding steroid dienone is 2. The van der Waals surface area contributed by atoms with Crippen molar-refractivity contribution < 1.29 is 8.78 Å². The average molecular weight is 193 g/mol. The topological polar surface area (TPSA) is 12.0 Å². The molecule has 0 radical (unpaired) electrons. The predicted octanol–water partition coefficient (Wildman–Crippen LogP) is 2.47. The third kappa shape index (κ3) is 1.66. The molecular formula is C11H9F2N. The molecule has 1 aromatic carbocycles. The molecule has 1 nitrogen and oxygen atoms in total. The van der Waals surface area contributed by atoms with Gasteiger partial charge in [-0.1, -0.05) is 12.2 Å². The molecule has 1 aromatic rings. The Morgan fingerprint density at radius 3 is 2.71 bits per heavy atom. The van der Waals surface area contributed by atoms with Gasteiger partial charge in [-0.05, 0) is 18.2 Å². The third-order valence-corrected chi connectivity index (χ3v) is 2.03. The molecule has 2 rings (SSSR count). The van der Waals surface area contributed by atoms with Gasteiger partial charge < -0.3 is 5.32 Å². The first-order valence-corrected chi connectivity index (χ1v) is 4.33. The molecule has 0 fully saturated rings. The van der Waals surface area contributed by atoms with Crippen LogP contribution in [0.15, 0.2) is 36.4 Å². The number of halogens is 2. The van der Waals surface area contributed by atoms with Gasteiger partial charge in [-0.25, -0.2) is 8.78 Å². The lowest BCUT2D eigenvalue weighted by atomic mass is 10.1. The van der Waals surface area contributed by atoms with Gasteiger partial charge >= 0.3 is 0 Å². The molecule has 0 atom stereocenters. The molecule has 0 spiro atoms. The van der Waals surface area contributed by atoms with Crippen LogP contribution in [-0.4, -0.2) is 6.54 Å². The van der Waals surface area contributed by atoms with Crippen LogP contribution in [0.4, 0.5) is 8.78 Å². The first kappa shape index (κ1) is 8.94. The molecule has 1 aliphatic heterocycles. The Bertz CT molecular complexity index is 408. The summed E-state index contributed by atoms with van der Waals surface area (Å²) in [6.07, 6.45) is 5.53. The summed E-state index contributed by atoms with van der Waals surface area (Å²) < 4.78 is 25.9. The summed E-state index contributed by atoms with van der Waals surface area (Å²) in [5, 5.41) is 3.01. The molecule has 1 N–H and O–H groups in total. The van der Waals surface area contributed by atoms with Crippen molar-refractivity contribution in [3.05, 3.63) is 53.6 Å². The highest BCUT2D eigenvalue weighted by atomic mass is 19.1. The maximum atomic E-state index is 13.3. The molecular weight excluding hydrogens is 184 g/mol. The second kappa shape index (κ2) is 3.62. The summed E-state index contributed by atoms with van der Waals surface area (Å²) in [5.41, 5.74) is 1.08. The van der Waals surface area contributed by atoms with Gasteiger partial charge in [0.25, 0.3) is 0 Å². The molecule has 14 heavy (non-hydrogen) atoms. The SMILES string of the molecule is Fc1ccc(C2=CC=CCN2)c(F)c1. The molecule has 0 saturated carbocycles. The lowest BCUT2D eigenvalue weighted by molar-refractivity contribution is 0.580. The van der Waals surface area contributed by atoms with Gasteiger partial charge in [-0.2, -0.15) is 0 Å². The van der Waals surface area contributed by atoms with Crippen LogP contribution in [0, 0.1) is 11.6 Å². The Morgan fingerprint density at radius 1 is 1.21 bits per heavy atom. The first-order valence-electron chi connectivity index (χ1n) is 4.33. The number of benzene rings is 1. The molecule has 0 bridgehead atoms. The number of dihydropyridines is 1. The largest absolute Gasteiger partial charge is 0.381 e. The number of hydrogen-bond donors (Lipinski definition) is 1. The minimum Gasteiger partial charge on any atom is -0.381 e. The second-order valence-corrected chi connectivity index (χ2v) is 3.01. The van der Waals surface area contributed by atoms with Crippen molar-refractivity contribution >= 4 is 5.70 Å². The standard InChI is InChI=1S/C11H9F2N/c12-8-4-5-9(10(13)7-8)11-3-1-2-6-14-11/h1-5,7,14H,6H2. The molecule has 1 heterocycles. The van der Waals surface area contributed by atoms with Crippen molar-refractivity contribution in [3.63, 3.8) is 0 Å². The minimum absolute atomic E-state index is 0.399. The van der Waals surface area contributed by atoms with Crippen LogP contribution in [0.5, 0.6) is 0 Å². The van der Waals surface area contributed by atoms with Gasteiger partial charge in [0.2, 0.25) is 0 Å². The predicted molar refractivity (Wildman–Crippen MR) is 51.5 cm³/mol. The molecule has 1 aliphatic rings. The smallest absolute Gasteiger partial charge is 0.135 e. The molecule has 0 aliphatic carbocycles. The minimum atomic E-state index is -0.557. The van der Waals surface area contributed by atoms with E-state index in [9.17, 15) is 8.78 Å². The molecule has 0 amide bonds. The van der Waals surface area contributed by atoms with Gasteiger partial charge in [0.15, 0.2) is 0 Å². The summed E-state index contributed by atoms with van der Waals surface area (Å²) in [4.78, 5) is 0. The van der Waals surface area contributed by atoms with Gasteiger partial charge in [-0.15, -0.1) is 0 Å². The lowest BCUT2D eigenvalue weighted by Crippen LogP contribution is -2.15. The van der Waals surface area contributed by atoms with E-state index in [1.165, 1.54) is 12.1 Å². The number of hydrogen-bond acceptors (Lipinski definition) is 1. The fourth-order valence-electron chi connectivity index (χ4n) is 1.35. The van der Waals surface area contributed by atoms with Gasteiger partial charge in [0.1, 0.15) is 11.6 Å². The Labute approximate surface area is 80.8 Å². The van der Waals surface area contributed by atoms with E-state index in [-0.39, 0.29) is 0 Å². The average Bonchev–Trinajstić information content (AvgIpc) is 2.19. The zero-order chi connectivity index (χ0) is 9.97. The monoisotopic (exact) mass is 193 g/mol. The van der Waals surface area contributed by atoms with E-state index in [1.54, 1.807) is 6.08 Å². The number of rotatable bonds is 1. The molecule has 0 unspecified atom stereocenters. The summed E-state index contributed by atoms with van der Waals surface area (Å²) in [6.45, 7) is 0.669. The fraction of sp³-hybridized carbons (Fsp3) is 0.0909. The normalized spacial score (nSPS) is 14.9. The van der Waals surface area contributed by atoms with E-state index in [0.717, 1.165) is 6.07 Å². The molecule has 3 heteroatoms. The van der Waals surface area contributed by atoms with Gasteiger partial charge in [0, 0.05) is 23.9 Å². The van der Waals surface area contributed by atoms with Crippen LogP contribution in [0.2, 0.25) is 0 Å². The van der Waals surface area contributed by atoms with Crippen LogP contribution in [0.3, 0.4) is 0 Å². The van der Waals surface area contributed by atoms with Crippen LogP contribution < -0.4 is 5.32 Å². The second-order valence-electron chi connectivity index (χ2n) is 3.01. The van der Waals surface area contributed by atoms with E-state index in [4.69, 9.17) is 0 Å². The molecule has 0 saturated heterocycles. The lowest BCUT2D eigenvalue weighted by Gasteiger charge is -2.12. The first-order chi connectivity index (χ1) is 6.77. The summed E-state index contributed by atoms with van der Waals surface area (Å²) in [7, 11) is 0.